The van der Waals surface area contributed by atoms with Crippen LogP contribution >= 0.6 is 0 Å². The van der Waals surface area contributed by atoms with Gasteiger partial charge < -0.3 is 14.2 Å². The van der Waals surface area contributed by atoms with Gasteiger partial charge in [-0.15, -0.1) is 0 Å². The zero-order valence-electron chi connectivity index (χ0n) is 15.6. The Kier molecular flexibility index (Phi) is 4.07. The van der Waals surface area contributed by atoms with E-state index in [4.69, 9.17) is 19.6 Å². The van der Waals surface area contributed by atoms with Crippen LogP contribution in [-0.2, 0) is 9.47 Å². The van der Waals surface area contributed by atoms with E-state index >= 15 is 0 Å². The van der Waals surface area contributed by atoms with Gasteiger partial charge in [-0.1, -0.05) is 25.0 Å². The van der Waals surface area contributed by atoms with Gasteiger partial charge in [-0.3, -0.25) is 5.41 Å². The summed E-state index contributed by atoms with van der Waals surface area (Å²) in [6.07, 6.45) is 2.70. The van der Waals surface area contributed by atoms with E-state index in [1.807, 2.05) is 0 Å². The summed E-state index contributed by atoms with van der Waals surface area (Å²) in [6.45, 7) is 0. The minimum Gasteiger partial charge on any atom is -0.497 e. The molecule has 3 fully saturated rings. The van der Waals surface area contributed by atoms with Gasteiger partial charge in [0.05, 0.1) is 31.2 Å². The molecule has 1 saturated carbocycles. The molecule has 7 heteroatoms. The third kappa shape index (κ3) is 2.02. The van der Waals surface area contributed by atoms with Crippen LogP contribution in [0.25, 0.3) is 0 Å². The minimum atomic E-state index is -1.90. The zero-order valence-corrected chi connectivity index (χ0v) is 15.6. The molecule has 4 atom stereocenters. The molecule has 4 rings (SSSR count). The number of nitrogens with one attached hydrogen (secondary N) is 1. The second-order valence-corrected chi connectivity index (χ2v) is 7.62. The van der Waals surface area contributed by atoms with Gasteiger partial charge in [0, 0.05) is 6.42 Å². The van der Waals surface area contributed by atoms with Crippen LogP contribution in [0, 0.1) is 56.2 Å². The van der Waals surface area contributed by atoms with Crippen LogP contribution < -0.4 is 4.74 Å². The molecular weight excluding hydrogens is 356 g/mol. The number of hydrogen-bond acceptors (Lipinski definition) is 7. The molecule has 28 heavy (non-hydrogen) atoms. The van der Waals surface area contributed by atoms with E-state index in [0.29, 0.717) is 24.2 Å². The van der Waals surface area contributed by atoms with Gasteiger partial charge in [-0.2, -0.15) is 15.8 Å². The van der Waals surface area contributed by atoms with Crippen molar-refractivity contribution in [2.75, 3.05) is 7.11 Å². The molecule has 142 valence electrons. The van der Waals surface area contributed by atoms with Gasteiger partial charge >= 0.3 is 0 Å². The SMILES string of the molecule is COc1cccc(C2OC34CCCCCC3C(C#N)(C(=N)O4)C2(C#N)C#N)c1. The van der Waals surface area contributed by atoms with Crippen LogP contribution in [0.1, 0.15) is 43.8 Å². The summed E-state index contributed by atoms with van der Waals surface area (Å²) in [5.74, 6) is -1.45. The monoisotopic (exact) mass is 376 g/mol. The molecule has 0 spiro atoms. The van der Waals surface area contributed by atoms with Crippen molar-refractivity contribution in [2.45, 2.75) is 44.0 Å². The van der Waals surface area contributed by atoms with Crippen molar-refractivity contribution in [1.29, 1.82) is 21.2 Å². The van der Waals surface area contributed by atoms with Crippen molar-refractivity contribution < 1.29 is 14.2 Å². The Morgan fingerprint density at radius 3 is 2.61 bits per heavy atom. The number of methoxy groups -OCH3 is 1. The van der Waals surface area contributed by atoms with Gasteiger partial charge in [-0.05, 0) is 30.5 Å². The quantitative estimate of drug-likeness (QED) is 0.841. The summed E-state index contributed by atoms with van der Waals surface area (Å²) < 4.78 is 17.6. The summed E-state index contributed by atoms with van der Waals surface area (Å²) in [5.41, 5.74) is -3.02. The van der Waals surface area contributed by atoms with Gasteiger partial charge in [0.2, 0.25) is 17.1 Å². The highest BCUT2D eigenvalue weighted by molar-refractivity contribution is 5.89. The molecule has 2 bridgehead atoms. The fourth-order valence-corrected chi connectivity index (χ4v) is 5.14. The lowest BCUT2D eigenvalue weighted by Crippen LogP contribution is -2.59. The average Bonchev–Trinajstić information content (AvgIpc) is 2.86. The third-order valence-electron chi connectivity index (χ3n) is 6.46. The van der Waals surface area contributed by atoms with Crippen LogP contribution in [0.3, 0.4) is 0 Å². The first-order valence-corrected chi connectivity index (χ1v) is 9.37. The number of hydrogen-bond donors (Lipinski definition) is 1. The molecule has 1 N–H and O–H groups in total. The molecule has 0 aromatic heterocycles. The maximum atomic E-state index is 10.3. The molecule has 4 unspecified atom stereocenters. The van der Waals surface area contributed by atoms with Gasteiger partial charge in [-0.25, -0.2) is 0 Å². The topological polar surface area (TPSA) is 123 Å². The number of nitrogens with zero attached hydrogens (tertiary/aromatic N) is 3. The first kappa shape index (κ1) is 18.3. The van der Waals surface area contributed by atoms with Gasteiger partial charge in [0.25, 0.3) is 0 Å². The van der Waals surface area contributed by atoms with Crippen LogP contribution in [0.2, 0.25) is 0 Å². The van der Waals surface area contributed by atoms with Crippen molar-refractivity contribution in [3.8, 4) is 24.0 Å². The van der Waals surface area contributed by atoms with E-state index in [9.17, 15) is 15.8 Å². The van der Waals surface area contributed by atoms with E-state index in [-0.39, 0.29) is 5.90 Å². The Hall–Kier alpha value is -3.08. The van der Waals surface area contributed by atoms with E-state index in [2.05, 4.69) is 18.2 Å². The smallest absolute Gasteiger partial charge is 0.217 e. The maximum Gasteiger partial charge on any atom is 0.217 e. The van der Waals surface area contributed by atoms with Crippen molar-refractivity contribution in [2.24, 2.45) is 16.7 Å². The van der Waals surface area contributed by atoms with Crippen LogP contribution in [-0.4, -0.2) is 18.8 Å². The standard InChI is InChI=1S/C21H20N4O3/c1-26-15-7-5-6-14(10-15)17-19(11-22,12-23)20(13-24)16-8-3-2-4-9-21(16,27-17)28-18(20)25/h5-7,10,16-17,25H,2-4,8-9H2,1H3. The summed E-state index contributed by atoms with van der Waals surface area (Å²) in [5, 5.41) is 39.2. The molecule has 3 aliphatic rings. The highest BCUT2D eigenvalue weighted by Crippen LogP contribution is 2.69. The fraction of sp³-hybridized carbons (Fsp3) is 0.524. The van der Waals surface area contributed by atoms with E-state index in [1.165, 1.54) is 7.11 Å². The molecule has 1 aromatic rings. The largest absolute Gasteiger partial charge is 0.497 e. The van der Waals surface area contributed by atoms with E-state index in [1.54, 1.807) is 24.3 Å². The normalized spacial score (nSPS) is 35.3. The summed E-state index contributed by atoms with van der Waals surface area (Å²) in [7, 11) is 1.53. The van der Waals surface area contributed by atoms with E-state index < -0.39 is 28.6 Å². The van der Waals surface area contributed by atoms with Crippen molar-refractivity contribution in [3.63, 3.8) is 0 Å². The lowest BCUT2D eigenvalue weighted by atomic mass is 9.52. The van der Waals surface area contributed by atoms with Crippen LogP contribution in [0.15, 0.2) is 24.3 Å². The second-order valence-electron chi connectivity index (χ2n) is 7.62. The predicted octanol–water partition coefficient (Wildman–Crippen LogP) is 3.59. The van der Waals surface area contributed by atoms with Crippen molar-refractivity contribution >= 4 is 5.90 Å². The number of rotatable bonds is 2. The number of ether oxygens (including phenoxy) is 3. The zero-order chi connectivity index (χ0) is 20.0. The van der Waals surface area contributed by atoms with Crippen molar-refractivity contribution in [1.82, 2.24) is 0 Å². The van der Waals surface area contributed by atoms with Gasteiger partial charge in [0.15, 0.2) is 5.41 Å². The second kappa shape index (κ2) is 6.23. The molecule has 2 aliphatic heterocycles. The summed E-state index contributed by atoms with van der Waals surface area (Å²) in [6, 6.07) is 13.3. The highest BCUT2D eigenvalue weighted by atomic mass is 16.7. The Morgan fingerprint density at radius 1 is 1.14 bits per heavy atom. The molecular formula is C21H20N4O3. The molecule has 0 radical (unpaired) electrons. The Balaban J connectivity index is 1.99. The molecule has 1 aliphatic carbocycles. The van der Waals surface area contributed by atoms with Crippen molar-refractivity contribution in [3.05, 3.63) is 29.8 Å². The molecule has 0 amide bonds. The van der Waals surface area contributed by atoms with Gasteiger partial charge in [0.1, 0.15) is 11.9 Å². The minimum absolute atomic E-state index is 0.324. The lowest BCUT2D eigenvalue weighted by Gasteiger charge is -2.49. The molecule has 2 saturated heterocycles. The maximum absolute atomic E-state index is 10.3. The van der Waals surface area contributed by atoms with Crippen LogP contribution in [0.4, 0.5) is 0 Å². The van der Waals surface area contributed by atoms with Crippen LogP contribution in [0.5, 0.6) is 5.75 Å². The molecule has 7 nitrogen and oxygen atoms in total. The summed E-state index contributed by atoms with van der Waals surface area (Å²) >= 11 is 0. The Bertz CT molecular complexity index is 942. The number of benzene rings is 1. The fourth-order valence-electron chi connectivity index (χ4n) is 5.14. The third-order valence-corrected chi connectivity index (χ3v) is 6.46. The first-order valence-electron chi connectivity index (χ1n) is 9.37. The first-order chi connectivity index (χ1) is 13.5. The lowest BCUT2D eigenvalue weighted by molar-refractivity contribution is -0.284. The predicted molar refractivity (Wildman–Crippen MR) is 96.6 cm³/mol. The molecule has 2 heterocycles. The van der Waals surface area contributed by atoms with E-state index in [0.717, 1.165) is 19.3 Å². The Labute approximate surface area is 163 Å². The Morgan fingerprint density at radius 2 is 1.93 bits per heavy atom. The highest BCUT2D eigenvalue weighted by Gasteiger charge is 2.80. The number of nitriles is 3. The summed E-state index contributed by atoms with van der Waals surface area (Å²) in [4.78, 5) is 0. The molecule has 1 aromatic carbocycles. The average molecular weight is 376 g/mol.